The van der Waals surface area contributed by atoms with Crippen molar-refractivity contribution in [2.24, 2.45) is 11.7 Å². The number of hydrogen-bond acceptors (Lipinski definition) is 2. The first-order valence-electron chi connectivity index (χ1n) is 7.04. The average Bonchev–Trinajstić information content (AvgIpc) is 3.31. The molecule has 0 amide bonds. The normalized spacial score (nSPS) is 17.9. The smallest absolute Gasteiger partial charge is 0.0666 e. The minimum absolute atomic E-state index is 0.382. The van der Waals surface area contributed by atoms with Crippen molar-refractivity contribution < 1.29 is 0 Å². The zero-order valence-electron chi connectivity index (χ0n) is 11.1. The third kappa shape index (κ3) is 2.69. The first kappa shape index (κ1) is 12.4. The lowest BCUT2D eigenvalue weighted by molar-refractivity contribution is 0.455. The maximum atomic E-state index is 6.79. The Morgan fingerprint density at radius 1 is 1.00 bits per heavy atom. The maximum absolute atomic E-state index is 6.79. The summed E-state index contributed by atoms with van der Waals surface area (Å²) in [5.74, 6) is 0.897. The van der Waals surface area contributed by atoms with Crippen LogP contribution >= 0.6 is 0 Å². The van der Waals surface area contributed by atoms with Crippen LogP contribution in [0, 0.1) is 5.92 Å². The van der Waals surface area contributed by atoms with Crippen molar-refractivity contribution in [2.75, 3.05) is 0 Å². The van der Waals surface area contributed by atoms with E-state index in [0.29, 0.717) is 0 Å². The second-order valence-electron chi connectivity index (χ2n) is 5.56. The monoisotopic (exact) mass is 252 g/mol. The average molecular weight is 252 g/mol. The molecular formula is C17H20N2. The van der Waals surface area contributed by atoms with Gasteiger partial charge >= 0.3 is 0 Å². The lowest BCUT2D eigenvalue weighted by Gasteiger charge is -2.31. The fraction of sp³-hybridized carbons (Fsp3) is 0.353. The zero-order valence-corrected chi connectivity index (χ0v) is 11.1. The van der Waals surface area contributed by atoms with Gasteiger partial charge in [-0.25, -0.2) is 0 Å². The molecule has 0 spiro atoms. The number of nitrogens with two attached hydrogens (primary N) is 1. The highest BCUT2D eigenvalue weighted by molar-refractivity contribution is 5.36. The van der Waals surface area contributed by atoms with E-state index in [-0.39, 0.29) is 5.54 Å². The van der Waals surface area contributed by atoms with Gasteiger partial charge in [0.15, 0.2) is 0 Å². The van der Waals surface area contributed by atoms with Gasteiger partial charge in [0.05, 0.1) is 5.54 Å². The number of aromatic nitrogens is 1. The van der Waals surface area contributed by atoms with Crippen molar-refractivity contribution in [1.82, 2.24) is 4.98 Å². The zero-order chi connectivity index (χ0) is 13.1. The van der Waals surface area contributed by atoms with Crippen LogP contribution < -0.4 is 5.73 Å². The summed E-state index contributed by atoms with van der Waals surface area (Å²) in [6, 6.07) is 14.5. The van der Waals surface area contributed by atoms with E-state index in [1.54, 1.807) is 0 Å². The Hall–Kier alpha value is -1.67. The Kier molecular flexibility index (Phi) is 3.34. The molecule has 2 N–H and O–H groups in total. The minimum Gasteiger partial charge on any atom is -0.318 e. The highest BCUT2D eigenvalue weighted by atomic mass is 14.8. The molecule has 0 saturated heterocycles. The molecule has 1 aliphatic carbocycles. The quantitative estimate of drug-likeness (QED) is 0.885. The molecule has 1 aromatic heterocycles. The van der Waals surface area contributed by atoms with Gasteiger partial charge in [-0.3, -0.25) is 4.98 Å². The van der Waals surface area contributed by atoms with Crippen molar-refractivity contribution in [3.8, 4) is 0 Å². The van der Waals surface area contributed by atoms with E-state index in [1.807, 2.05) is 30.6 Å². The van der Waals surface area contributed by atoms with Gasteiger partial charge in [0, 0.05) is 12.4 Å². The SMILES string of the molecule is NC(CCC1CC1)(c1ccccc1)c1ccncc1. The third-order valence-electron chi connectivity index (χ3n) is 4.13. The molecular weight excluding hydrogens is 232 g/mol. The molecule has 2 nitrogen and oxygen atoms in total. The van der Waals surface area contributed by atoms with Crippen LogP contribution in [-0.2, 0) is 5.54 Å². The summed E-state index contributed by atoms with van der Waals surface area (Å²) in [7, 11) is 0. The minimum atomic E-state index is -0.382. The predicted octanol–water partition coefficient (Wildman–Crippen LogP) is 3.47. The standard InChI is InChI=1S/C17H20N2/c18-17(11-8-14-6-7-14,15-4-2-1-3-5-15)16-9-12-19-13-10-16/h1-5,9-10,12-14H,6-8,11,18H2. The van der Waals surface area contributed by atoms with Gasteiger partial charge in [-0.15, -0.1) is 0 Å². The molecule has 3 rings (SSSR count). The molecule has 1 saturated carbocycles. The number of pyridine rings is 1. The van der Waals surface area contributed by atoms with Crippen molar-refractivity contribution >= 4 is 0 Å². The lowest BCUT2D eigenvalue weighted by atomic mass is 9.80. The molecule has 0 radical (unpaired) electrons. The lowest BCUT2D eigenvalue weighted by Crippen LogP contribution is -2.38. The Balaban J connectivity index is 1.94. The van der Waals surface area contributed by atoms with Crippen LogP contribution in [0.15, 0.2) is 54.9 Å². The molecule has 0 aliphatic heterocycles. The summed E-state index contributed by atoms with van der Waals surface area (Å²) in [6.07, 6.45) is 8.63. The van der Waals surface area contributed by atoms with Crippen LogP contribution in [0.25, 0.3) is 0 Å². The van der Waals surface area contributed by atoms with Gasteiger partial charge in [0.2, 0.25) is 0 Å². The van der Waals surface area contributed by atoms with Crippen LogP contribution in [0.2, 0.25) is 0 Å². The van der Waals surface area contributed by atoms with E-state index in [1.165, 1.54) is 24.8 Å². The van der Waals surface area contributed by atoms with Gasteiger partial charge in [0.25, 0.3) is 0 Å². The summed E-state index contributed by atoms with van der Waals surface area (Å²) >= 11 is 0. The second-order valence-corrected chi connectivity index (χ2v) is 5.56. The number of rotatable bonds is 5. The number of benzene rings is 1. The Bertz CT molecular complexity index is 478. The highest BCUT2D eigenvalue weighted by Crippen LogP contribution is 2.39. The molecule has 19 heavy (non-hydrogen) atoms. The van der Waals surface area contributed by atoms with Gasteiger partial charge < -0.3 is 5.73 Å². The number of nitrogens with zero attached hydrogens (tertiary/aromatic N) is 1. The summed E-state index contributed by atoms with van der Waals surface area (Å²) in [4.78, 5) is 4.10. The van der Waals surface area contributed by atoms with Gasteiger partial charge in [-0.1, -0.05) is 43.2 Å². The molecule has 0 bridgehead atoms. The maximum Gasteiger partial charge on any atom is 0.0666 e. The van der Waals surface area contributed by atoms with Gasteiger partial charge in [-0.2, -0.15) is 0 Å². The molecule has 98 valence electrons. The van der Waals surface area contributed by atoms with Crippen LogP contribution in [0.1, 0.15) is 36.8 Å². The number of hydrogen-bond donors (Lipinski definition) is 1. The first-order valence-corrected chi connectivity index (χ1v) is 7.04. The van der Waals surface area contributed by atoms with E-state index >= 15 is 0 Å². The van der Waals surface area contributed by atoms with E-state index in [9.17, 15) is 0 Å². The van der Waals surface area contributed by atoms with Crippen molar-refractivity contribution in [1.29, 1.82) is 0 Å². The molecule has 2 heteroatoms. The van der Waals surface area contributed by atoms with Crippen LogP contribution in [-0.4, -0.2) is 4.98 Å². The van der Waals surface area contributed by atoms with Crippen LogP contribution in [0.4, 0.5) is 0 Å². The largest absolute Gasteiger partial charge is 0.318 e. The second kappa shape index (κ2) is 5.14. The van der Waals surface area contributed by atoms with E-state index in [2.05, 4.69) is 29.2 Å². The molecule has 1 atom stereocenters. The Labute approximate surface area is 114 Å². The summed E-state index contributed by atoms with van der Waals surface area (Å²) < 4.78 is 0. The van der Waals surface area contributed by atoms with Crippen molar-refractivity contribution in [3.63, 3.8) is 0 Å². The molecule has 1 fully saturated rings. The van der Waals surface area contributed by atoms with Crippen LogP contribution in [0.5, 0.6) is 0 Å². The molecule has 1 unspecified atom stereocenters. The molecule has 1 aromatic carbocycles. The molecule has 1 aliphatic rings. The van der Waals surface area contributed by atoms with E-state index < -0.39 is 0 Å². The molecule has 2 aromatic rings. The Morgan fingerprint density at radius 2 is 1.63 bits per heavy atom. The fourth-order valence-electron chi connectivity index (χ4n) is 2.68. The molecule has 1 heterocycles. The van der Waals surface area contributed by atoms with Crippen molar-refractivity contribution in [3.05, 3.63) is 66.0 Å². The first-order chi connectivity index (χ1) is 9.29. The highest BCUT2D eigenvalue weighted by Gasteiger charge is 2.32. The third-order valence-corrected chi connectivity index (χ3v) is 4.13. The van der Waals surface area contributed by atoms with E-state index in [4.69, 9.17) is 5.73 Å². The van der Waals surface area contributed by atoms with Gasteiger partial charge in [-0.05, 0) is 42.0 Å². The van der Waals surface area contributed by atoms with E-state index in [0.717, 1.165) is 17.9 Å². The summed E-state index contributed by atoms with van der Waals surface area (Å²) in [5, 5.41) is 0. The van der Waals surface area contributed by atoms with Crippen molar-refractivity contribution in [2.45, 2.75) is 31.2 Å². The summed E-state index contributed by atoms with van der Waals surface area (Å²) in [6.45, 7) is 0. The summed E-state index contributed by atoms with van der Waals surface area (Å²) in [5.41, 5.74) is 8.76. The fourth-order valence-corrected chi connectivity index (χ4v) is 2.68. The van der Waals surface area contributed by atoms with Crippen LogP contribution in [0.3, 0.4) is 0 Å². The topological polar surface area (TPSA) is 38.9 Å². The Morgan fingerprint density at radius 3 is 2.26 bits per heavy atom. The predicted molar refractivity (Wildman–Crippen MR) is 77.6 cm³/mol. The van der Waals surface area contributed by atoms with Gasteiger partial charge in [0.1, 0.15) is 0 Å².